The first kappa shape index (κ1) is 15.8. The molecule has 128 valence electrons. The van der Waals surface area contributed by atoms with Gasteiger partial charge in [0.1, 0.15) is 0 Å². The van der Waals surface area contributed by atoms with Gasteiger partial charge in [-0.1, -0.05) is 6.42 Å². The summed E-state index contributed by atoms with van der Waals surface area (Å²) < 4.78 is 5.63. The van der Waals surface area contributed by atoms with Crippen LogP contribution in [0.15, 0.2) is 21.2 Å². The Morgan fingerprint density at radius 2 is 2.33 bits per heavy atom. The molecule has 5 nitrogen and oxygen atoms in total. The van der Waals surface area contributed by atoms with E-state index in [9.17, 15) is 4.79 Å². The third-order valence-corrected chi connectivity index (χ3v) is 6.31. The molecule has 2 fully saturated rings. The smallest absolute Gasteiger partial charge is 0.248 e. The number of carbonyl (C=O) groups excluding carboxylic acids is 1. The molecule has 2 aliphatic rings. The zero-order valence-corrected chi connectivity index (χ0v) is 14.7. The lowest BCUT2D eigenvalue weighted by Gasteiger charge is -2.28. The van der Waals surface area contributed by atoms with Crippen molar-refractivity contribution < 1.29 is 9.21 Å². The zero-order chi connectivity index (χ0) is 16.5. The molecule has 2 aromatic heterocycles. The van der Waals surface area contributed by atoms with Gasteiger partial charge in [0.25, 0.3) is 0 Å². The van der Waals surface area contributed by atoms with Crippen LogP contribution in [0.2, 0.25) is 0 Å². The van der Waals surface area contributed by atoms with Gasteiger partial charge >= 0.3 is 0 Å². The third kappa shape index (κ3) is 3.24. The summed E-state index contributed by atoms with van der Waals surface area (Å²) in [5.74, 6) is 3.55. The molecule has 2 heterocycles. The molecule has 2 saturated carbocycles. The number of carbonyl (C=O) groups is 1. The average Bonchev–Trinajstić information content (AvgIpc) is 3.37. The van der Waals surface area contributed by atoms with Gasteiger partial charge in [-0.25, -0.2) is 0 Å². The number of hydrogen-bond donors (Lipinski definition) is 1. The van der Waals surface area contributed by atoms with Crippen LogP contribution < -0.4 is 5.32 Å². The Hall–Kier alpha value is -1.69. The molecule has 0 aliphatic heterocycles. The first-order valence-electron chi connectivity index (χ1n) is 8.83. The second kappa shape index (κ2) is 6.67. The molecule has 4 atom stereocenters. The number of nitrogens with zero attached hydrogens (tertiary/aromatic N) is 2. The van der Waals surface area contributed by atoms with Gasteiger partial charge in [-0.15, -0.1) is 10.2 Å². The predicted molar refractivity (Wildman–Crippen MR) is 92.5 cm³/mol. The number of rotatable bonds is 6. The topological polar surface area (TPSA) is 68.0 Å². The Balaban J connectivity index is 1.26. The van der Waals surface area contributed by atoms with Crippen molar-refractivity contribution in [3.05, 3.63) is 22.7 Å². The second-order valence-corrected chi connectivity index (χ2v) is 7.99. The van der Waals surface area contributed by atoms with Crippen molar-refractivity contribution in [1.82, 2.24) is 15.5 Å². The fourth-order valence-electron chi connectivity index (χ4n) is 4.42. The highest BCUT2D eigenvalue weighted by Gasteiger charge is 2.42. The third-order valence-electron chi connectivity index (χ3n) is 5.62. The van der Waals surface area contributed by atoms with Crippen molar-refractivity contribution in [2.45, 2.75) is 51.5 Å². The van der Waals surface area contributed by atoms with Crippen molar-refractivity contribution >= 4 is 17.2 Å². The van der Waals surface area contributed by atoms with Crippen LogP contribution in [0.3, 0.4) is 0 Å². The minimum absolute atomic E-state index is 0.0838. The van der Waals surface area contributed by atoms with Crippen LogP contribution in [0.5, 0.6) is 0 Å². The molecule has 2 aromatic rings. The maximum absolute atomic E-state index is 12.2. The summed E-state index contributed by atoms with van der Waals surface area (Å²) in [6.07, 6.45) is 6.30. The fraction of sp³-hybridized carbons (Fsp3) is 0.611. The van der Waals surface area contributed by atoms with Gasteiger partial charge in [0.2, 0.25) is 17.7 Å². The molecule has 1 amide bonds. The Kier molecular flexibility index (Phi) is 4.39. The summed E-state index contributed by atoms with van der Waals surface area (Å²) in [6.45, 7) is 2.16. The molecule has 6 heteroatoms. The standard InChI is InChI=1S/C18H23N3O2S/c1-11(15-9-12-2-3-13(15)8-12)19-16(22)4-5-17-20-21-18(23-17)14-6-7-24-10-14/h6-7,10-13,15H,2-5,8-9H2,1H3,(H,19,22). The van der Waals surface area contributed by atoms with Crippen molar-refractivity contribution in [1.29, 1.82) is 0 Å². The first-order chi connectivity index (χ1) is 11.7. The molecule has 0 aromatic carbocycles. The monoisotopic (exact) mass is 345 g/mol. The summed E-state index contributed by atoms with van der Waals surface area (Å²) in [7, 11) is 0. The van der Waals surface area contributed by atoms with Crippen LogP contribution in [0.1, 0.15) is 44.9 Å². The van der Waals surface area contributed by atoms with E-state index < -0.39 is 0 Å². The molecule has 24 heavy (non-hydrogen) atoms. The largest absolute Gasteiger partial charge is 0.421 e. The number of nitrogens with one attached hydrogen (secondary N) is 1. The van der Waals surface area contributed by atoms with Crippen LogP contribution in [0.25, 0.3) is 11.5 Å². The van der Waals surface area contributed by atoms with Gasteiger partial charge < -0.3 is 9.73 Å². The lowest BCUT2D eigenvalue weighted by molar-refractivity contribution is -0.122. The molecule has 4 unspecified atom stereocenters. The lowest BCUT2D eigenvalue weighted by Crippen LogP contribution is -2.40. The van der Waals surface area contributed by atoms with Gasteiger partial charge in [-0.05, 0) is 55.4 Å². The molecular weight excluding hydrogens is 322 g/mol. The Morgan fingerprint density at radius 3 is 3.04 bits per heavy atom. The highest BCUT2D eigenvalue weighted by atomic mass is 32.1. The van der Waals surface area contributed by atoms with Crippen molar-refractivity contribution in [2.75, 3.05) is 0 Å². The highest BCUT2D eigenvalue weighted by molar-refractivity contribution is 7.08. The summed E-state index contributed by atoms with van der Waals surface area (Å²) in [4.78, 5) is 12.2. The molecule has 2 bridgehead atoms. The number of fused-ring (bicyclic) bond motifs is 2. The highest BCUT2D eigenvalue weighted by Crippen LogP contribution is 2.49. The molecule has 0 spiro atoms. The predicted octanol–water partition coefficient (Wildman–Crippen LogP) is 3.67. The maximum Gasteiger partial charge on any atom is 0.248 e. The van der Waals surface area contributed by atoms with Gasteiger partial charge in [0.05, 0.1) is 0 Å². The minimum atomic E-state index is 0.0838. The normalized spacial score (nSPS) is 26.6. The van der Waals surface area contributed by atoms with E-state index in [2.05, 4.69) is 22.4 Å². The zero-order valence-electron chi connectivity index (χ0n) is 13.9. The fourth-order valence-corrected chi connectivity index (χ4v) is 5.05. The molecule has 2 aliphatic carbocycles. The van der Waals surface area contributed by atoms with Crippen molar-refractivity contribution in [3.8, 4) is 11.5 Å². The number of amides is 1. The lowest BCUT2D eigenvalue weighted by atomic mass is 9.84. The van der Waals surface area contributed by atoms with Crippen LogP contribution in [-0.2, 0) is 11.2 Å². The number of aromatic nitrogens is 2. The summed E-state index contributed by atoms with van der Waals surface area (Å²) in [5, 5.41) is 15.2. The van der Waals surface area contributed by atoms with E-state index in [1.807, 2.05) is 16.8 Å². The van der Waals surface area contributed by atoms with E-state index in [0.717, 1.165) is 17.4 Å². The van der Waals surface area contributed by atoms with E-state index in [4.69, 9.17) is 4.42 Å². The average molecular weight is 345 g/mol. The van der Waals surface area contributed by atoms with Crippen LogP contribution in [0.4, 0.5) is 0 Å². The number of thiophene rings is 1. The van der Waals surface area contributed by atoms with Gasteiger partial charge in [0.15, 0.2) is 0 Å². The maximum atomic E-state index is 12.2. The molecule has 1 N–H and O–H groups in total. The van der Waals surface area contributed by atoms with E-state index in [1.165, 1.54) is 25.7 Å². The molecular formula is C18H23N3O2S. The molecule has 0 saturated heterocycles. The summed E-state index contributed by atoms with van der Waals surface area (Å²) in [6, 6.07) is 2.22. The summed E-state index contributed by atoms with van der Waals surface area (Å²) in [5.41, 5.74) is 0.938. The van der Waals surface area contributed by atoms with E-state index in [1.54, 1.807) is 11.3 Å². The van der Waals surface area contributed by atoms with Crippen LogP contribution in [-0.4, -0.2) is 22.1 Å². The first-order valence-corrected chi connectivity index (χ1v) is 9.77. The van der Waals surface area contributed by atoms with E-state index >= 15 is 0 Å². The van der Waals surface area contributed by atoms with Crippen LogP contribution >= 0.6 is 11.3 Å². The molecule has 4 rings (SSSR count). The summed E-state index contributed by atoms with van der Waals surface area (Å²) >= 11 is 1.59. The van der Waals surface area contributed by atoms with Crippen LogP contribution in [0, 0.1) is 17.8 Å². The van der Waals surface area contributed by atoms with Gasteiger partial charge in [0, 0.05) is 29.8 Å². The quantitative estimate of drug-likeness (QED) is 0.867. The Morgan fingerprint density at radius 1 is 1.42 bits per heavy atom. The van der Waals surface area contributed by atoms with E-state index in [-0.39, 0.29) is 11.9 Å². The number of hydrogen-bond acceptors (Lipinski definition) is 5. The van der Waals surface area contributed by atoms with Crippen molar-refractivity contribution in [2.24, 2.45) is 17.8 Å². The van der Waals surface area contributed by atoms with Gasteiger partial charge in [-0.2, -0.15) is 11.3 Å². The van der Waals surface area contributed by atoms with Gasteiger partial charge in [-0.3, -0.25) is 4.79 Å². The Labute approximate surface area is 145 Å². The molecule has 0 radical (unpaired) electrons. The van der Waals surface area contributed by atoms with E-state index in [0.29, 0.717) is 30.5 Å². The Bertz CT molecular complexity index is 697. The second-order valence-electron chi connectivity index (χ2n) is 7.21. The number of aryl methyl sites for hydroxylation is 1. The SMILES string of the molecule is CC(NC(=O)CCc1nnc(-c2ccsc2)o1)C1CC2CCC1C2. The van der Waals surface area contributed by atoms with Crippen molar-refractivity contribution in [3.63, 3.8) is 0 Å². The minimum Gasteiger partial charge on any atom is -0.421 e.